The minimum Gasteiger partial charge on any atom is -0.362 e. The fraction of sp³-hybridized carbons (Fsp3) is 0.500. The van der Waals surface area contributed by atoms with Crippen LogP contribution in [0.1, 0.15) is 32.1 Å². The van der Waals surface area contributed by atoms with Crippen LogP contribution >= 0.6 is 15.9 Å². The van der Waals surface area contributed by atoms with Gasteiger partial charge in [-0.25, -0.2) is 8.78 Å². The molecule has 0 aliphatic carbocycles. The number of ketones is 1. The quantitative estimate of drug-likeness (QED) is 0.730. The lowest BCUT2D eigenvalue weighted by molar-refractivity contribution is -0.121. The van der Waals surface area contributed by atoms with E-state index in [1.54, 1.807) is 0 Å². The van der Waals surface area contributed by atoms with E-state index in [0.717, 1.165) is 25.3 Å². The van der Waals surface area contributed by atoms with Crippen molar-refractivity contribution in [2.24, 2.45) is 0 Å². The van der Waals surface area contributed by atoms with E-state index in [-0.39, 0.29) is 22.3 Å². The van der Waals surface area contributed by atoms with Crippen molar-refractivity contribution >= 4 is 27.4 Å². The van der Waals surface area contributed by atoms with Crippen molar-refractivity contribution in [2.75, 3.05) is 4.90 Å². The van der Waals surface area contributed by atoms with E-state index in [1.165, 1.54) is 6.07 Å². The van der Waals surface area contributed by atoms with Crippen LogP contribution in [0.3, 0.4) is 0 Å². The molecular formula is C14H14BrF2NO. The molecular weight excluding hydrogens is 316 g/mol. The van der Waals surface area contributed by atoms with Gasteiger partial charge in [0.25, 0.3) is 0 Å². The van der Waals surface area contributed by atoms with Crippen molar-refractivity contribution in [1.82, 2.24) is 0 Å². The summed E-state index contributed by atoms with van der Waals surface area (Å²) >= 11 is 2.99. The molecule has 3 rings (SSSR count). The number of rotatable bonds is 1. The van der Waals surface area contributed by atoms with Gasteiger partial charge in [0.2, 0.25) is 0 Å². The van der Waals surface area contributed by atoms with Crippen molar-refractivity contribution in [2.45, 2.75) is 44.2 Å². The largest absolute Gasteiger partial charge is 0.362 e. The zero-order chi connectivity index (χ0) is 13.6. The molecule has 0 saturated carbocycles. The first-order chi connectivity index (χ1) is 9.06. The number of halogens is 3. The Morgan fingerprint density at radius 3 is 2.37 bits per heavy atom. The summed E-state index contributed by atoms with van der Waals surface area (Å²) in [6.45, 7) is 0. The summed E-state index contributed by atoms with van der Waals surface area (Å²) in [6, 6.07) is 2.45. The highest BCUT2D eigenvalue weighted by Crippen LogP contribution is 2.38. The number of piperidine rings is 2. The summed E-state index contributed by atoms with van der Waals surface area (Å²) in [5.74, 6) is -0.658. The molecule has 0 amide bonds. The van der Waals surface area contributed by atoms with Crippen LogP contribution in [0.2, 0.25) is 0 Å². The first-order valence-corrected chi connectivity index (χ1v) is 7.30. The molecule has 2 saturated heterocycles. The molecule has 19 heavy (non-hydrogen) atoms. The van der Waals surface area contributed by atoms with Crippen molar-refractivity contribution in [1.29, 1.82) is 0 Å². The van der Waals surface area contributed by atoms with Gasteiger partial charge in [0.1, 0.15) is 17.4 Å². The SMILES string of the molecule is O=C1CC2CCCC(C1)N2c1cc(F)c(Br)cc1F. The van der Waals surface area contributed by atoms with Gasteiger partial charge in [-0.2, -0.15) is 0 Å². The van der Waals surface area contributed by atoms with Gasteiger partial charge in [-0.15, -0.1) is 0 Å². The lowest BCUT2D eigenvalue weighted by Gasteiger charge is -2.47. The molecule has 102 valence electrons. The summed E-state index contributed by atoms with van der Waals surface area (Å²) < 4.78 is 27.9. The molecule has 0 spiro atoms. The second kappa shape index (κ2) is 4.85. The Bertz CT molecular complexity index is 518. The summed E-state index contributed by atoms with van der Waals surface area (Å²) in [7, 11) is 0. The zero-order valence-electron chi connectivity index (χ0n) is 10.3. The Morgan fingerprint density at radius 2 is 1.74 bits per heavy atom. The number of anilines is 1. The molecule has 2 aliphatic heterocycles. The number of nitrogens with zero attached hydrogens (tertiary/aromatic N) is 1. The van der Waals surface area contributed by atoms with Crippen LogP contribution in [0.25, 0.3) is 0 Å². The monoisotopic (exact) mass is 329 g/mol. The molecule has 2 nitrogen and oxygen atoms in total. The fourth-order valence-corrected chi connectivity index (χ4v) is 3.59. The molecule has 1 aromatic carbocycles. The molecule has 0 radical (unpaired) electrons. The van der Waals surface area contributed by atoms with E-state index in [2.05, 4.69) is 15.9 Å². The fourth-order valence-electron chi connectivity index (χ4n) is 3.28. The second-order valence-electron chi connectivity index (χ2n) is 5.31. The number of Topliss-reactive ketones (excluding diaryl/α,β-unsaturated/α-hetero) is 1. The van der Waals surface area contributed by atoms with Crippen LogP contribution in [0.5, 0.6) is 0 Å². The Kier molecular flexibility index (Phi) is 3.33. The van der Waals surface area contributed by atoms with E-state index in [0.29, 0.717) is 18.5 Å². The van der Waals surface area contributed by atoms with Crippen LogP contribution in [0, 0.1) is 11.6 Å². The third-order valence-electron chi connectivity index (χ3n) is 4.06. The van der Waals surface area contributed by atoms with Crippen LogP contribution in [0.15, 0.2) is 16.6 Å². The smallest absolute Gasteiger partial charge is 0.147 e. The third-order valence-corrected chi connectivity index (χ3v) is 4.66. The first kappa shape index (κ1) is 13.0. The molecule has 1 aromatic rings. The van der Waals surface area contributed by atoms with Crippen LogP contribution < -0.4 is 4.90 Å². The Labute approximate surface area is 118 Å². The summed E-state index contributed by atoms with van der Waals surface area (Å²) in [4.78, 5) is 13.6. The van der Waals surface area contributed by atoms with Gasteiger partial charge < -0.3 is 4.90 Å². The van der Waals surface area contributed by atoms with Crippen LogP contribution in [-0.4, -0.2) is 17.9 Å². The predicted molar refractivity (Wildman–Crippen MR) is 72.2 cm³/mol. The van der Waals surface area contributed by atoms with E-state index < -0.39 is 11.6 Å². The minimum atomic E-state index is -0.466. The molecule has 2 heterocycles. The minimum absolute atomic E-state index is 0.0232. The van der Waals surface area contributed by atoms with Gasteiger partial charge in [0.05, 0.1) is 10.2 Å². The van der Waals surface area contributed by atoms with Gasteiger partial charge in [-0.3, -0.25) is 4.79 Å². The standard InChI is InChI=1S/C14H14BrF2NO/c15-11-6-13(17)14(7-12(11)16)18-8-2-1-3-9(18)5-10(19)4-8/h6-9H,1-5H2. The third kappa shape index (κ3) is 2.29. The number of hydrogen-bond donors (Lipinski definition) is 0. The first-order valence-electron chi connectivity index (χ1n) is 6.51. The molecule has 2 atom stereocenters. The lowest BCUT2D eigenvalue weighted by Crippen LogP contribution is -2.53. The molecule has 0 N–H and O–H groups in total. The van der Waals surface area contributed by atoms with Gasteiger partial charge in [0, 0.05) is 31.0 Å². The average Bonchev–Trinajstić information content (AvgIpc) is 2.33. The Hall–Kier alpha value is -0.970. The topological polar surface area (TPSA) is 20.3 Å². The van der Waals surface area contributed by atoms with Gasteiger partial charge >= 0.3 is 0 Å². The van der Waals surface area contributed by atoms with E-state index >= 15 is 0 Å². The van der Waals surface area contributed by atoms with Crippen LogP contribution in [-0.2, 0) is 4.79 Å². The number of hydrogen-bond acceptors (Lipinski definition) is 2. The molecule has 2 unspecified atom stereocenters. The van der Waals surface area contributed by atoms with Crippen molar-refractivity contribution in [3.63, 3.8) is 0 Å². The second-order valence-corrected chi connectivity index (χ2v) is 6.16. The predicted octanol–water partition coefficient (Wildman–Crippen LogP) is 3.82. The van der Waals surface area contributed by atoms with Gasteiger partial charge in [0.15, 0.2) is 0 Å². The number of benzene rings is 1. The Balaban J connectivity index is 2.01. The van der Waals surface area contributed by atoms with Crippen LogP contribution in [0.4, 0.5) is 14.5 Å². The Morgan fingerprint density at radius 1 is 1.11 bits per heavy atom. The molecule has 5 heteroatoms. The highest BCUT2D eigenvalue weighted by atomic mass is 79.9. The maximum absolute atomic E-state index is 14.1. The molecule has 2 bridgehead atoms. The zero-order valence-corrected chi connectivity index (χ0v) is 11.9. The molecule has 2 fully saturated rings. The lowest BCUT2D eigenvalue weighted by atomic mass is 9.83. The number of fused-ring (bicyclic) bond motifs is 2. The number of carbonyl (C=O) groups excluding carboxylic acids is 1. The van der Waals surface area contributed by atoms with Crippen molar-refractivity contribution in [3.8, 4) is 0 Å². The molecule has 2 aliphatic rings. The van der Waals surface area contributed by atoms with Crippen molar-refractivity contribution < 1.29 is 13.6 Å². The van der Waals surface area contributed by atoms with E-state index in [1.807, 2.05) is 4.90 Å². The van der Waals surface area contributed by atoms with E-state index in [4.69, 9.17) is 0 Å². The summed E-state index contributed by atoms with van der Waals surface area (Å²) in [5.41, 5.74) is 0.294. The summed E-state index contributed by atoms with van der Waals surface area (Å²) in [6.07, 6.45) is 3.71. The van der Waals surface area contributed by atoms with Gasteiger partial charge in [-0.05, 0) is 41.3 Å². The maximum Gasteiger partial charge on any atom is 0.147 e. The highest BCUT2D eigenvalue weighted by molar-refractivity contribution is 9.10. The number of carbonyl (C=O) groups is 1. The van der Waals surface area contributed by atoms with Gasteiger partial charge in [-0.1, -0.05) is 0 Å². The maximum atomic E-state index is 14.1. The normalized spacial score (nSPS) is 26.7. The molecule has 0 aromatic heterocycles. The van der Waals surface area contributed by atoms with Crippen molar-refractivity contribution in [3.05, 3.63) is 28.2 Å². The average molecular weight is 330 g/mol. The van der Waals surface area contributed by atoms with E-state index in [9.17, 15) is 13.6 Å². The summed E-state index contributed by atoms with van der Waals surface area (Å²) in [5, 5.41) is 0. The highest BCUT2D eigenvalue weighted by Gasteiger charge is 2.38.